The molecule has 2 aromatic carbocycles. The van der Waals surface area contributed by atoms with E-state index in [1.54, 1.807) is 7.11 Å². The lowest BCUT2D eigenvalue weighted by atomic mass is 10.1. The highest BCUT2D eigenvalue weighted by atomic mass is 16.7. The maximum Gasteiger partial charge on any atom is 0.444 e. The molecule has 3 rings (SSSR count). The summed E-state index contributed by atoms with van der Waals surface area (Å²) in [5.41, 5.74) is 1.88. The third-order valence-electron chi connectivity index (χ3n) is 4.43. The van der Waals surface area contributed by atoms with Crippen molar-refractivity contribution >= 4 is 6.09 Å². The topological polar surface area (TPSA) is 48.0 Å². The highest BCUT2D eigenvalue weighted by Gasteiger charge is 2.33. The Bertz CT molecular complexity index is 771. The van der Waals surface area contributed by atoms with Gasteiger partial charge < -0.3 is 14.3 Å². The van der Waals surface area contributed by atoms with Gasteiger partial charge in [0.2, 0.25) is 0 Å². The summed E-state index contributed by atoms with van der Waals surface area (Å²) >= 11 is 0. The lowest BCUT2D eigenvalue weighted by Crippen LogP contribution is -2.30. The van der Waals surface area contributed by atoms with Crippen LogP contribution < -0.4 is 4.74 Å². The van der Waals surface area contributed by atoms with Crippen molar-refractivity contribution in [3.8, 4) is 5.75 Å². The number of amides is 1. The summed E-state index contributed by atoms with van der Waals surface area (Å²) in [6, 6.07) is 16.9. The summed E-state index contributed by atoms with van der Waals surface area (Å²) in [6.45, 7) is 2.33. The predicted molar refractivity (Wildman–Crippen MR) is 103 cm³/mol. The minimum Gasteiger partial charge on any atom is -0.497 e. The summed E-state index contributed by atoms with van der Waals surface area (Å²) in [6.07, 6.45) is 4.36. The minimum atomic E-state index is -0.498. The molecule has 0 radical (unpaired) electrons. The third-order valence-corrected chi connectivity index (χ3v) is 4.43. The van der Waals surface area contributed by atoms with E-state index < -0.39 is 6.09 Å². The van der Waals surface area contributed by atoms with Gasteiger partial charge in [0, 0.05) is 6.42 Å². The summed E-state index contributed by atoms with van der Waals surface area (Å²) in [5.74, 6) is 1.57. The molecule has 2 aromatic rings. The quantitative estimate of drug-likeness (QED) is 0.658. The number of carbonyl (C=O) groups excluding carboxylic acids is 1. The molecule has 1 unspecified atom stereocenters. The van der Waals surface area contributed by atoms with Gasteiger partial charge in [-0.15, -0.1) is 5.06 Å². The molecule has 5 nitrogen and oxygen atoms in total. The summed E-state index contributed by atoms with van der Waals surface area (Å²) < 4.78 is 10.7. The molecule has 0 saturated heterocycles. The van der Waals surface area contributed by atoms with E-state index in [0.717, 1.165) is 41.9 Å². The van der Waals surface area contributed by atoms with E-state index in [9.17, 15) is 4.79 Å². The molecule has 0 aliphatic carbocycles. The van der Waals surface area contributed by atoms with Crippen LogP contribution in [-0.4, -0.2) is 18.3 Å². The van der Waals surface area contributed by atoms with E-state index in [-0.39, 0.29) is 12.6 Å². The van der Waals surface area contributed by atoms with Crippen LogP contribution in [0.15, 0.2) is 66.4 Å². The predicted octanol–water partition coefficient (Wildman–Crippen LogP) is 5.39. The van der Waals surface area contributed by atoms with Gasteiger partial charge in [0.15, 0.2) is 0 Å². The Kier molecular flexibility index (Phi) is 6.36. The molecular weight excluding hydrogens is 342 g/mol. The summed E-state index contributed by atoms with van der Waals surface area (Å²) in [7, 11) is 1.63. The molecule has 1 amide bonds. The first kappa shape index (κ1) is 18.8. The standard InChI is InChI=1S/C22H25NO4/c1-3-4-10-20-15-21(18-11-13-19(25-2)14-12-18)23(27-20)22(24)26-16-17-8-6-5-7-9-17/h5-9,11-15,21H,3-4,10,16H2,1-2H3. The first-order valence-electron chi connectivity index (χ1n) is 9.23. The monoisotopic (exact) mass is 367 g/mol. The van der Waals surface area contributed by atoms with Crippen molar-refractivity contribution in [3.63, 3.8) is 0 Å². The molecular formula is C22H25NO4. The molecule has 0 aromatic heterocycles. The largest absolute Gasteiger partial charge is 0.497 e. The molecule has 1 heterocycles. The van der Waals surface area contributed by atoms with Crippen molar-refractivity contribution in [3.05, 3.63) is 77.6 Å². The molecule has 1 aliphatic rings. The number of rotatable bonds is 7. The average molecular weight is 367 g/mol. The Morgan fingerprint density at radius 2 is 1.85 bits per heavy atom. The number of hydrogen-bond donors (Lipinski definition) is 0. The first-order chi connectivity index (χ1) is 13.2. The van der Waals surface area contributed by atoms with Gasteiger partial charge in [-0.2, -0.15) is 0 Å². The van der Waals surface area contributed by atoms with E-state index in [2.05, 4.69) is 6.92 Å². The lowest BCUT2D eigenvalue weighted by molar-refractivity contribution is -0.102. The molecule has 5 heteroatoms. The molecule has 0 bridgehead atoms. The Morgan fingerprint density at radius 1 is 1.11 bits per heavy atom. The second-order valence-corrected chi connectivity index (χ2v) is 6.41. The van der Waals surface area contributed by atoms with Gasteiger partial charge in [-0.25, -0.2) is 4.79 Å². The van der Waals surface area contributed by atoms with Crippen LogP contribution in [0.2, 0.25) is 0 Å². The highest BCUT2D eigenvalue weighted by molar-refractivity contribution is 5.68. The summed E-state index contributed by atoms with van der Waals surface area (Å²) in [4.78, 5) is 18.5. The van der Waals surface area contributed by atoms with Crippen molar-refractivity contribution in [1.29, 1.82) is 0 Å². The molecule has 142 valence electrons. The molecule has 0 saturated carbocycles. The fraction of sp³-hybridized carbons (Fsp3) is 0.318. The normalized spacial score (nSPS) is 15.9. The Balaban J connectivity index is 1.73. The number of hydroxylamine groups is 2. The average Bonchev–Trinajstić information content (AvgIpc) is 3.15. The SMILES string of the molecule is CCCCC1=CC(c2ccc(OC)cc2)N(C(=O)OCc2ccccc2)O1. The Labute approximate surface area is 160 Å². The Morgan fingerprint density at radius 3 is 2.52 bits per heavy atom. The van der Waals surface area contributed by atoms with E-state index in [1.165, 1.54) is 5.06 Å². The second-order valence-electron chi connectivity index (χ2n) is 6.41. The number of nitrogens with zero attached hydrogens (tertiary/aromatic N) is 1. The van der Waals surface area contributed by atoms with E-state index in [1.807, 2.05) is 60.7 Å². The van der Waals surface area contributed by atoms with E-state index in [4.69, 9.17) is 14.3 Å². The van der Waals surface area contributed by atoms with Gasteiger partial charge in [0.05, 0.1) is 7.11 Å². The minimum absolute atomic E-state index is 0.207. The third kappa shape index (κ3) is 4.82. The van der Waals surface area contributed by atoms with Gasteiger partial charge in [0.25, 0.3) is 0 Å². The molecule has 27 heavy (non-hydrogen) atoms. The number of ether oxygens (including phenoxy) is 2. The van der Waals surface area contributed by atoms with Crippen LogP contribution in [-0.2, 0) is 16.2 Å². The molecule has 0 fully saturated rings. The zero-order chi connectivity index (χ0) is 19.1. The zero-order valence-electron chi connectivity index (χ0n) is 15.8. The summed E-state index contributed by atoms with van der Waals surface area (Å²) in [5, 5.41) is 1.32. The number of allylic oxidation sites excluding steroid dienone is 1. The van der Waals surface area contributed by atoms with E-state index in [0.29, 0.717) is 0 Å². The maximum atomic E-state index is 12.7. The van der Waals surface area contributed by atoms with Crippen LogP contribution in [0.3, 0.4) is 0 Å². The van der Waals surface area contributed by atoms with Gasteiger partial charge in [0.1, 0.15) is 24.2 Å². The van der Waals surface area contributed by atoms with Gasteiger partial charge >= 0.3 is 6.09 Å². The lowest BCUT2D eigenvalue weighted by Gasteiger charge is -2.23. The fourth-order valence-electron chi connectivity index (χ4n) is 2.90. The van der Waals surface area contributed by atoms with Crippen LogP contribution in [0.5, 0.6) is 5.75 Å². The van der Waals surface area contributed by atoms with Crippen LogP contribution in [0, 0.1) is 0 Å². The smallest absolute Gasteiger partial charge is 0.444 e. The van der Waals surface area contributed by atoms with Crippen LogP contribution in [0.1, 0.15) is 43.4 Å². The van der Waals surface area contributed by atoms with Crippen molar-refractivity contribution in [2.75, 3.05) is 7.11 Å². The number of benzene rings is 2. The van der Waals surface area contributed by atoms with Crippen molar-refractivity contribution in [2.24, 2.45) is 0 Å². The van der Waals surface area contributed by atoms with Crippen LogP contribution in [0.4, 0.5) is 4.79 Å². The molecule has 0 N–H and O–H groups in total. The van der Waals surface area contributed by atoms with Crippen molar-refractivity contribution in [2.45, 2.75) is 38.8 Å². The Hall–Kier alpha value is -2.95. The fourth-order valence-corrected chi connectivity index (χ4v) is 2.90. The van der Waals surface area contributed by atoms with Crippen LogP contribution >= 0.6 is 0 Å². The zero-order valence-corrected chi connectivity index (χ0v) is 15.8. The van der Waals surface area contributed by atoms with Gasteiger partial charge in [-0.3, -0.25) is 0 Å². The number of unbranched alkanes of at least 4 members (excludes halogenated alkanes) is 1. The molecule has 1 atom stereocenters. The van der Waals surface area contributed by atoms with Gasteiger partial charge in [-0.05, 0) is 35.8 Å². The number of hydrogen-bond acceptors (Lipinski definition) is 4. The highest BCUT2D eigenvalue weighted by Crippen LogP contribution is 2.34. The van der Waals surface area contributed by atoms with E-state index >= 15 is 0 Å². The molecule has 0 spiro atoms. The second kappa shape index (κ2) is 9.12. The number of methoxy groups -OCH3 is 1. The van der Waals surface area contributed by atoms with Gasteiger partial charge in [-0.1, -0.05) is 55.8 Å². The first-order valence-corrected chi connectivity index (χ1v) is 9.23. The van der Waals surface area contributed by atoms with Crippen LogP contribution in [0.25, 0.3) is 0 Å². The molecule has 1 aliphatic heterocycles. The maximum absolute atomic E-state index is 12.7. The van der Waals surface area contributed by atoms with Crippen molar-refractivity contribution < 1.29 is 19.1 Å². The number of carbonyl (C=O) groups is 1. The van der Waals surface area contributed by atoms with Crippen molar-refractivity contribution in [1.82, 2.24) is 5.06 Å².